The van der Waals surface area contributed by atoms with Crippen molar-refractivity contribution in [2.75, 3.05) is 20.2 Å². The monoisotopic (exact) mass is 394 g/mol. The lowest BCUT2D eigenvalue weighted by molar-refractivity contribution is -0.139. The summed E-state index contributed by atoms with van der Waals surface area (Å²) in [6.07, 6.45) is 1.08. The van der Waals surface area contributed by atoms with Crippen molar-refractivity contribution in [2.24, 2.45) is 0 Å². The van der Waals surface area contributed by atoms with E-state index in [4.69, 9.17) is 27.9 Å². The molecule has 26 heavy (non-hydrogen) atoms. The van der Waals surface area contributed by atoms with Crippen LogP contribution in [0.15, 0.2) is 42.5 Å². The second-order valence-corrected chi connectivity index (χ2v) is 6.40. The standard InChI is InChI=1S/C19H20Cl2N2O3/c1-26-17-5-3-2-4-14(17)9-11-23-19(25)18(24)22-10-8-13-6-7-15(20)12-16(13)21/h2-7,12H,8-11H2,1H3,(H,22,24)(H,23,25). The largest absolute Gasteiger partial charge is 0.496 e. The molecule has 2 aromatic carbocycles. The Morgan fingerprint density at radius 2 is 1.54 bits per heavy atom. The summed E-state index contributed by atoms with van der Waals surface area (Å²) in [6.45, 7) is 0.649. The maximum absolute atomic E-state index is 11.8. The van der Waals surface area contributed by atoms with Gasteiger partial charge in [0.25, 0.3) is 0 Å². The average molecular weight is 395 g/mol. The number of hydrogen-bond acceptors (Lipinski definition) is 3. The van der Waals surface area contributed by atoms with Gasteiger partial charge in [0.05, 0.1) is 7.11 Å². The van der Waals surface area contributed by atoms with Crippen molar-refractivity contribution in [3.63, 3.8) is 0 Å². The Labute approximate surface area is 162 Å². The van der Waals surface area contributed by atoms with Gasteiger partial charge >= 0.3 is 11.8 Å². The van der Waals surface area contributed by atoms with E-state index in [1.165, 1.54) is 0 Å². The van der Waals surface area contributed by atoms with Gasteiger partial charge in [-0.25, -0.2) is 0 Å². The van der Waals surface area contributed by atoms with Crippen molar-refractivity contribution in [3.05, 3.63) is 63.6 Å². The van der Waals surface area contributed by atoms with Crippen molar-refractivity contribution in [1.29, 1.82) is 0 Å². The average Bonchev–Trinajstić information content (AvgIpc) is 2.63. The SMILES string of the molecule is COc1ccccc1CCNC(=O)C(=O)NCCc1ccc(Cl)cc1Cl. The number of rotatable bonds is 7. The van der Waals surface area contributed by atoms with Crippen LogP contribution in [-0.2, 0) is 22.4 Å². The molecule has 7 heteroatoms. The van der Waals surface area contributed by atoms with Gasteiger partial charge in [0, 0.05) is 23.1 Å². The third kappa shape index (κ3) is 5.93. The normalized spacial score (nSPS) is 10.3. The van der Waals surface area contributed by atoms with E-state index in [9.17, 15) is 9.59 Å². The first kappa shape index (κ1) is 20.1. The summed E-state index contributed by atoms with van der Waals surface area (Å²) >= 11 is 11.9. The maximum atomic E-state index is 11.8. The van der Waals surface area contributed by atoms with E-state index in [1.54, 1.807) is 25.3 Å². The zero-order chi connectivity index (χ0) is 18.9. The zero-order valence-corrected chi connectivity index (χ0v) is 15.9. The first-order valence-corrected chi connectivity index (χ1v) is 8.88. The summed E-state index contributed by atoms with van der Waals surface area (Å²) in [5.74, 6) is -0.580. The van der Waals surface area contributed by atoms with Gasteiger partial charge in [-0.1, -0.05) is 47.5 Å². The number of nitrogens with one attached hydrogen (secondary N) is 2. The van der Waals surface area contributed by atoms with Gasteiger partial charge in [-0.15, -0.1) is 0 Å². The highest BCUT2D eigenvalue weighted by molar-refractivity contribution is 6.35. The molecule has 2 aromatic rings. The molecule has 2 amide bonds. The highest BCUT2D eigenvalue weighted by Crippen LogP contribution is 2.21. The summed E-state index contributed by atoms with van der Waals surface area (Å²) in [5, 5.41) is 6.26. The highest BCUT2D eigenvalue weighted by Gasteiger charge is 2.13. The minimum Gasteiger partial charge on any atom is -0.496 e. The molecule has 5 nitrogen and oxygen atoms in total. The maximum Gasteiger partial charge on any atom is 0.309 e. The molecule has 0 saturated heterocycles. The van der Waals surface area contributed by atoms with Crippen LogP contribution in [0.5, 0.6) is 5.75 Å². The molecule has 0 heterocycles. The van der Waals surface area contributed by atoms with Gasteiger partial charge in [-0.05, 0) is 42.2 Å². The van der Waals surface area contributed by atoms with E-state index in [1.807, 2.05) is 24.3 Å². The molecule has 0 aliphatic rings. The minimum absolute atomic E-state index is 0.306. The number of amides is 2. The lowest BCUT2D eigenvalue weighted by Gasteiger charge is -2.09. The van der Waals surface area contributed by atoms with E-state index in [0.717, 1.165) is 16.9 Å². The van der Waals surface area contributed by atoms with Crippen molar-refractivity contribution in [1.82, 2.24) is 10.6 Å². The van der Waals surface area contributed by atoms with Crippen LogP contribution in [0.25, 0.3) is 0 Å². The number of hydrogen-bond donors (Lipinski definition) is 2. The second kappa shape index (κ2) is 10.0. The Morgan fingerprint density at radius 3 is 2.15 bits per heavy atom. The van der Waals surface area contributed by atoms with Crippen LogP contribution in [0.1, 0.15) is 11.1 Å². The third-order valence-corrected chi connectivity index (χ3v) is 4.36. The molecule has 138 valence electrons. The lowest BCUT2D eigenvalue weighted by atomic mass is 10.1. The number of ether oxygens (including phenoxy) is 1. The third-order valence-electron chi connectivity index (χ3n) is 3.77. The van der Waals surface area contributed by atoms with Gasteiger partial charge in [0.15, 0.2) is 0 Å². The molecule has 2 rings (SSSR count). The van der Waals surface area contributed by atoms with Gasteiger partial charge in [0.2, 0.25) is 0 Å². The molecule has 0 aliphatic carbocycles. The lowest BCUT2D eigenvalue weighted by Crippen LogP contribution is -2.41. The Morgan fingerprint density at radius 1 is 0.923 bits per heavy atom. The number of methoxy groups -OCH3 is 1. The molecule has 0 spiro atoms. The number of benzene rings is 2. The fraction of sp³-hybridized carbons (Fsp3) is 0.263. The van der Waals surface area contributed by atoms with E-state index in [2.05, 4.69) is 10.6 Å². The van der Waals surface area contributed by atoms with Crippen molar-refractivity contribution in [2.45, 2.75) is 12.8 Å². The van der Waals surface area contributed by atoms with Gasteiger partial charge in [-0.2, -0.15) is 0 Å². The number of carbonyl (C=O) groups is 2. The molecule has 0 aromatic heterocycles. The van der Waals surface area contributed by atoms with E-state index in [-0.39, 0.29) is 0 Å². The molecule has 0 atom stereocenters. The zero-order valence-electron chi connectivity index (χ0n) is 14.4. The number of carbonyl (C=O) groups excluding carboxylic acids is 2. The molecule has 0 fully saturated rings. The van der Waals surface area contributed by atoms with Crippen molar-refractivity contribution >= 4 is 35.0 Å². The van der Waals surface area contributed by atoms with Gasteiger partial charge in [-0.3, -0.25) is 9.59 Å². The summed E-state index contributed by atoms with van der Waals surface area (Å²) in [5.41, 5.74) is 1.82. The second-order valence-electron chi connectivity index (χ2n) is 5.56. The van der Waals surface area contributed by atoms with Crippen LogP contribution < -0.4 is 15.4 Å². The van der Waals surface area contributed by atoms with Crippen LogP contribution in [-0.4, -0.2) is 32.0 Å². The topological polar surface area (TPSA) is 67.4 Å². The molecule has 0 radical (unpaired) electrons. The van der Waals surface area contributed by atoms with Crippen LogP contribution >= 0.6 is 23.2 Å². The Balaban J connectivity index is 1.73. The Hall–Kier alpha value is -2.24. The first-order chi connectivity index (χ1) is 12.5. The Kier molecular flexibility index (Phi) is 7.75. The summed E-state index contributed by atoms with van der Waals surface area (Å²) in [4.78, 5) is 23.7. The summed E-state index contributed by atoms with van der Waals surface area (Å²) in [6, 6.07) is 12.7. The molecule has 2 N–H and O–H groups in total. The minimum atomic E-state index is -0.671. The van der Waals surface area contributed by atoms with Crippen LogP contribution in [0.3, 0.4) is 0 Å². The smallest absolute Gasteiger partial charge is 0.309 e. The molecule has 0 aliphatic heterocycles. The van der Waals surface area contributed by atoms with Crippen LogP contribution in [0.4, 0.5) is 0 Å². The predicted molar refractivity (Wildman–Crippen MR) is 103 cm³/mol. The number of para-hydroxylation sites is 1. The summed E-state index contributed by atoms with van der Waals surface area (Å²) in [7, 11) is 1.60. The van der Waals surface area contributed by atoms with E-state index < -0.39 is 11.8 Å². The first-order valence-electron chi connectivity index (χ1n) is 8.13. The van der Waals surface area contributed by atoms with Crippen LogP contribution in [0, 0.1) is 0 Å². The van der Waals surface area contributed by atoms with E-state index in [0.29, 0.717) is 36.0 Å². The molecular weight excluding hydrogens is 375 g/mol. The number of halogens is 2. The molecule has 0 bridgehead atoms. The van der Waals surface area contributed by atoms with Crippen molar-refractivity contribution in [3.8, 4) is 5.75 Å². The van der Waals surface area contributed by atoms with Gasteiger partial charge < -0.3 is 15.4 Å². The fourth-order valence-corrected chi connectivity index (χ4v) is 2.92. The Bertz CT molecular complexity index is 781. The van der Waals surface area contributed by atoms with Crippen molar-refractivity contribution < 1.29 is 14.3 Å². The predicted octanol–water partition coefficient (Wildman–Crippen LogP) is 3.02. The quantitative estimate of drug-likeness (QED) is 0.709. The summed E-state index contributed by atoms with van der Waals surface area (Å²) < 4.78 is 5.25. The molecular formula is C19H20Cl2N2O3. The van der Waals surface area contributed by atoms with Crippen LogP contribution in [0.2, 0.25) is 10.0 Å². The molecule has 0 saturated carbocycles. The molecule has 0 unspecified atom stereocenters. The fourth-order valence-electron chi connectivity index (χ4n) is 2.42. The van der Waals surface area contributed by atoms with Gasteiger partial charge in [0.1, 0.15) is 5.75 Å². The highest BCUT2D eigenvalue weighted by atomic mass is 35.5. The van der Waals surface area contributed by atoms with E-state index >= 15 is 0 Å².